The van der Waals surface area contributed by atoms with Crippen LogP contribution in [0, 0.1) is 19.7 Å². The smallest absolute Gasteiger partial charge is 0.174 e. The van der Waals surface area contributed by atoms with Crippen LogP contribution in [0.1, 0.15) is 11.1 Å². The molecule has 1 aromatic carbocycles. The summed E-state index contributed by atoms with van der Waals surface area (Å²) in [5, 5.41) is 9.88. The molecule has 0 aliphatic carbocycles. The molecule has 2 rings (SSSR count). The van der Waals surface area contributed by atoms with Gasteiger partial charge in [0, 0.05) is 10.0 Å². The molecule has 0 spiro atoms. The topological polar surface area (TPSA) is 33.4 Å². The fraction of sp³-hybridized carbons (Fsp3) is 0.200. The molecule has 0 bridgehead atoms. The fourth-order valence-electron chi connectivity index (χ4n) is 1.53. The van der Waals surface area contributed by atoms with Gasteiger partial charge in [0.05, 0.1) is 5.39 Å². The maximum atomic E-state index is 13.6. The number of benzene rings is 1. The van der Waals surface area contributed by atoms with E-state index in [1.807, 2.05) is 0 Å². The summed E-state index contributed by atoms with van der Waals surface area (Å²) < 4.78 is 19.2. The highest BCUT2D eigenvalue weighted by molar-refractivity contribution is 9.10. The second-order valence-corrected chi connectivity index (χ2v) is 4.00. The van der Waals surface area contributed by atoms with Gasteiger partial charge in [0.1, 0.15) is 6.26 Å². The number of fused-ring (bicyclic) bond motifs is 1. The number of aromatic hydroxyl groups is 1. The Morgan fingerprint density at radius 1 is 1.36 bits per heavy atom. The molecule has 2 aromatic rings. The van der Waals surface area contributed by atoms with Crippen LogP contribution in [0.25, 0.3) is 11.0 Å². The zero-order valence-electron chi connectivity index (χ0n) is 7.69. The number of hydrogen-bond acceptors (Lipinski definition) is 2. The number of aryl methyl sites for hydroxylation is 1. The molecule has 1 heterocycles. The quantitative estimate of drug-likeness (QED) is 0.783. The third-order valence-electron chi connectivity index (χ3n) is 2.33. The van der Waals surface area contributed by atoms with Crippen LogP contribution < -0.4 is 0 Å². The van der Waals surface area contributed by atoms with Gasteiger partial charge < -0.3 is 9.52 Å². The third kappa shape index (κ3) is 1.07. The van der Waals surface area contributed by atoms with E-state index in [4.69, 9.17) is 4.42 Å². The average Bonchev–Trinajstić information content (AvgIpc) is 2.54. The Balaban J connectivity index is 3.05. The van der Waals surface area contributed by atoms with E-state index in [2.05, 4.69) is 15.9 Å². The molecule has 1 N–H and O–H groups in total. The van der Waals surface area contributed by atoms with Crippen LogP contribution in [0.5, 0.6) is 5.75 Å². The van der Waals surface area contributed by atoms with Crippen molar-refractivity contribution < 1.29 is 13.9 Å². The monoisotopic (exact) mass is 258 g/mol. The minimum Gasteiger partial charge on any atom is -0.504 e. The lowest BCUT2D eigenvalue weighted by Crippen LogP contribution is -1.89. The van der Waals surface area contributed by atoms with Crippen LogP contribution in [0.2, 0.25) is 0 Å². The molecule has 0 aliphatic heterocycles. The highest BCUT2D eigenvalue weighted by Gasteiger charge is 2.18. The van der Waals surface area contributed by atoms with Crippen LogP contribution >= 0.6 is 15.9 Å². The van der Waals surface area contributed by atoms with Gasteiger partial charge in [0.25, 0.3) is 0 Å². The molecular weight excluding hydrogens is 251 g/mol. The Kier molecular flexibility index (Phi) is 2.03. The Labute approximate surface area is 88.5 Å². The molecule has 14 heavy (non-hydrogen) atoms. The van der Waals surface area contributed by atoms with E-state index in [0.29, 0.717) is 15.4 Å². The largest absolute Gasteiger partial charge is 0.504 e. The second-order valence-electron chi connectivity index (χ2n) is 3.20. The SMILES string of the molecule is Cc1c(Br)c(C)c2c(O)coc2c1F. The lowest BCUT2D eigenvalue weighted by Gasteiger charge is -2.05. The van der Waals surface area contributed by atoms with Gasteiger partial charge in [-0.25, -0.2) is 4.39 Å². The van der Waals surface area contributed by atoms with Gasteiger partial charge in [-0.05, 0) is 19.4 Å². The number of hydrogen-bond donors (Lipinski definition) is 1. The molecule has 2 nitrogen and oxygen atoms in total. The molecule has 0 radical (unpaired) electrons. The standard InChI is InChI=1S/C10H8BrFO2/c1-4-7-6(13)3-14-10(7)9(12)5(2)8(4)11/h3,13H,1-2H3. The first-order valence-corrected chi connectivity index (χ1v) is 4.87. The molecule has 0 fully saturated rings. The van der Waals surface area contributed by atoms with Crippen molar-refractivity contribution in [3.8, 4) is 5.75 Å². The first kappa shape index (κ1) is 9.52. The van der Waals surface area contributed by atoms with Crippen molar-refractivity contribution >= 4 is 26.9 Å². The Hall–Kier alpha value is -1.03. The summed E-state index contributed by atoms with van der Waals surface area (Å²) in [7, 11) is 0. The van der Waals surface area contributed by atoms with Gasteiger partial charge in [-0.1, -0.05) is 15.9 Å². The number of furan rings is 1. The van der Waals surface area contributed by atoms with E-state index < -0.39 is 5.82 Å². The summed E-state index contributed by atoms with van der Waals surface area (Å²) >= 11 is 3.28. The van der Waals surface area contributed by atoms with Gasteiger partial charge >= 0.3 is 0 Å². The van der Waals surface area contributed by atoms with E-state index in [9.17, 15) is 9.50 Å². The lowest BCUT2D eigenvalue weighted by atomic mass is 10.1. The van der Waals surface area contributed by atoms with Crippen molar-refractivity contribution in [1.82, 2.24) is 0 Å². The Morgan fingerprint density at radius 3 is 2.64 bits per heavy atom. The molecule has 0 saturated carbocycles. The molecule has 0 atom stereocenters. The van der Waals surface area contributed by atoms with Gasteiger partial charge in [-0.2, -0.15) is 0 Å². The summed E-state index contributed by atoms with van der Waals surface area (Å²) in [6, 6.07) is 0. The van der Waals surface area contributed by atoms with E-state index in [1.54, 1.807) is 13.8 Å². The van der Waals surface area contributed by atoms with Crippen molar-refractivity contribution in [2.45, 2.75) is 13.8 Å². The molecule has 0 saturated heterocycles. The van der Waals surface area contributed by atoms with Crippen LogP contribution in [0.3, 0.4) is 0 Å². The van der Waals surface area contributed by atoms with Crippen molar-refractivity contribution in [3.63, 3.8) is 0 Å². The van der Waals surface area contributed by atoms with Gasteiger partial charge in [0.15, 0.2) is 17.1 Å². The number of rotatable bonds is 0. The minimum atomic E-state index is -0.433. The second kappa shape index (κ2) is 2.98. The van der Waals surface area contributed by atoms with Gasteiger partial charge in [0.2, 0.25) is 0 Å². The van der Waals surface area contributed by atoms with Crippen LogP contribution in [0.15, 0.2) is 15.2 Å². The third-order valence-corrected chi connectivity index (χ3v) is 3.52. The summed E-state index contributed by atoms with van der Waals surface area (Å²) in [5.74, 6) is -0.463. The molecule has 0 unspecified atom stereocenters. The molecular formula is C10H8BrFO2. The Morgan fingerprint density at radius 2 is 2.00 bits per heavy atom. The van der Waals surface area contributed by atoms with Crippen LogP contribution in [-0.2, 0) is 0 Å². The summed E-state index contributed by atoms with van der Waals surface area (Å²) in [6.07, 6.45) is 1.15. The Bertz CT molecular complexity index is 517. The van der Waals surface area contributed by atoms with Crippen molar-refractivity contribution in [2.75, 3.05) is 0 Å². The number of halogens is 2. The van der Waals surface area contributed by atoms with Gasteiger partial charge in [-0.3, -0.25) is 0 Å². The van der Waals surface area contributed by atoms with Crippen LogP contribution in [0.4, 0.5) is 4.39 Å². The van der Waals surface area contributed by atoms with Crippen molar-refractivity contribution in [3.05, 3.63) is 27.7 Å². The van der Waals surface area contributed by atoms with Gasteiger partial charge in [-0.15, -0.1) is 0 Å². The average molecular weight is 259 g/mol. The van der Waals surface area contributed by atoms with E-state index in [0.717, 1.165) is 11.8 Å². The molecule has 74 valence electrons. The maximum absolute atomic E-state index is 13.6. The first-order valence-electron chi connectivity index (χ1n) is 4.08. The normalized spacial score (nSPS) is 11.1. The van der Waals surface area contributed by atoms with Crippen molar-refractivity contribution in [2.24, 2.45) is 0 Å². The summed E-state index contributed by atoms with van der Waals surface area (Å²) in [6.45, 7) is 3.46. The lowest BCUT2D eigenvalue weighted by molar-refractivity contribution is 0.463. The summed E-state index contributed by atoms with van der Waals surface area (Å²) in [4.78, 5) is 0. The van der Waals surface area contributed by atoms with E-state index in [1.165, 1.54) is 0 Å². The van der Waals surface area contributed by atoms with E-state index >= 15 is 0 Å². The molecule has 1 aromatic heterocycles. The highest BCUT2D eigenvalue weighted by Crippen LogP contribution is 2.37. The van der Waals surface area contributed by atoms with Crippen LogP contribution in [-0.4, -0.2) is 5.11 Å². The molecule has 0 amide bonds. The fourth-order valence-corrected chi connectivity index (χ4v) is 1.90. The van der Waals surface area contributed by atoms with E-state index in [-0.39, 0.29) is 11.3 Å². The van der Waals surface area contributed by atoms with Crippen molar-refractivity contribution in [1.29, 1.82) is 0 Å². The maximum Gasteiger partial charge on any atom is 0.174 e. The first-order chi connectivity index (χ1) is 6.54. The zero-order valence-corrected chi connectivity index (χ0v) is 9.27. The minimum absolute atomic E-state index is 0.0305. The predicted octanol–water partition coefficient (Wildman–Crippen LogP) is 3.66. The highest BCUT2D eigenvalue weighted by atomic mass is 79.9. The zero-order chi connectivity index (χ0) is 10.5. The molecule has 0 aliphatic rings. The molecule has 4 heteroatoms. The summed E-state index contributed by atoms with van der Waals surface area (Å²) in [5.41, 5.74) is 1.38. The predicted molar refractivity (Wildman–Crippen MR) is 55.0 cm³/mol.